The fourth-order valence-electron chi connectivity index (χ4n) is 4.50. The first-order valence-electron chi connectivity index (χ1n) is 10.1. The molecular formula is C24H32NO2+. The van der Waals surface area contributed by atoms with Crippen molar-refractivity contribution in [2.45, 2.75) is 46.1 Å². The number of hydrogen-bond acceptors (Lipinski definition) is 2. The third-order valence-corrected chi connectivity index (χ3v) is 5.92. The first-order chi connectivity index (χ1) is 13.0. The van der Waals surface area contributed by atoms with E-state index in [0.29, 0.717) is 18.7 Å². The van der Waals surface area contributed by atoms with Crippen LogP contribution >= 0.6 is 0 Å². The Balaban J connectivity index is 1.75. The van der Waals surface area contributed by atoms with Gasteiger partial charge in [0.1, 0.15) is 18.8 Å². The Morgan fingerprint density at radius 1 is 1.00 bits per heavy atom. The van der Waals surface area contributed by atoms with E-state index in [-0.39, 0.29) is 0 Å². The second-order valence-corrected chi connectivity index (χ2v) is 8.11. The molecule has 3 rings (SSSR count). The van der Waals surface area contributed by atoms with Crippen molar-refractivity contribution in [2.75, 3.05) is 26.7 Å². The molecule has 0 aromatic heterocycles. The highest BCUT2D eigenvalue weighted by molar-refractivity contribution is 5.82. The van der Waals surface area contributed by atoms with E-state index in [0.717, 1.165) is 46.6 Å². The quantitative estimate of drug-likeness (QED) is 0.668. The van der Waals surface area contributed by atoms with Gasteiger partial charge in [-0.15, -0.1) is 0 Å². The van der Waals surface area contributed by atoms with Crippen LogP contribution in [0.2, 0.25) is 0 Å². The molecular weight excluding hydrogens is 334 g/mol. The molecule has 144 valence electrons. The van der Waals surface area contributed by atoms with Gasteiger partial charge >= 0.3 is 0 Å². The minimum Gasteiger partial charge on any atom is -0.497 e. The van der Waals surface area contributed by atoms with Gasteiger partial charge in [-0.3, -0.25) is 4.79 Å². The highest BCUT2D eigenvalue weighted by Crippen LogP contribution is 2.25. The summed E-state index contributed by atoms with van der Waals surface area (Å²) in [5.41, 5.74) is 4.79. The molecule has 1 saturated heterocycles. The number of nitrogens with zero attached hydrogens (tertiary/aromatic N) is 1. The molecule has 3 nitrogen and oxygen atoms in total. The number of ether oxygens (including phenoxy) is 1. The van der Waals surface area contributed by atoms with Crippen molar-refractivity contribution in [2.24, 2.45) is 0 Å². The van der Waals surface area contributed by atoms with Crippen LogP contribution in [-0.2, 0) is 17.8 Å². The topological polar surface area (TPSA) is 26.3 Å². The summed E-state index contributed by atoms with van der Waals surface area (Å²) < 4.78 is 6.27. The molecule has 0 aliphatic carbocycles. The van der Waals surface area contributed by atoms with Gasteiger partial charge in [-0.05, 0) is 61.9 Å². The summed E-state index contributed by atoms with van der Waals surface area (Å²) in [6, 6.07) is 14.7. The number of carbonyl (C=O) groups excluding carboxylic acids is 1. The number of hydrogen-bond donors (Lipinski definition) is 0. The van der Waals surface area contributed by atoms with Crippen LogP contribution in [0.25, 0.3) is 0 Å². The molecule has 1 aliphatic heterocycles. The molecule has 27 heavy (non-hydrogen) atoms. The van der Waals surface area contributed by atoms with Crippen molar-refractivity contribution >= 4 is 5.78 Å². The van der Waals surface area contributed by atoms with Gasteiger partial charge in [-0.25, -0.2) is 0 Å². The normalized spacial score (nSPS) is 16.1. The largest absolute Gasteiger partial charge is 0.497 e. The second kappa shape index (κ2) is 8.71. The van der Waals surface area contributed by atoms with Gasteiger partial charge in [-0.1, -0.05) is 30.3 Å². The van der Waals surface area contributed by atoms with Crippen LogP contribution < -0.4 is 4.74 Å². The van der Waals surface area contributed by atoms with E-state index in [1.165, 1.54) is 24.8 Å². The molecule has 1 aliphatic rings. The minimum absolute atomic E-state index is 0.351. The fraction of sp³-hybridized carbons (Fsp3) is 0.458. The van der Waals surface area contributed by atoms with Gasteiger partial charge < -0.3 is 9.22 Å². The van der Waals surface area contributed by atoms with Crippen LogP contribution in [0.1, 0.15) is 41.5 Å². The number of carbonyl (C=O) groups is 1. The van der Waals surface area contributed by atoms with Crippen LogP contribution in [0.4, 0.5) is 0 Å². The van der Waals surface area contributed by atoms with Crippen molar-refractivity contribution in [1.82, 2.24) is 0 Å². The van der Waals surface area contributed by atoms with Gasteiger partial charge in [0.15, 0.2) is 5.78 Å². The monoisotopic (exact) mass is 366 g/mol. The highest BCUT2D eigenvalue weighted by Gasteiger charge is 2.32. The summed E-state index contributed by atoms with van der Waals surface area (Å²) in [5.74, 6) is 1.22. The molecule has 0 amide bonds. The van der Waals surface area contributed by atoms with E-state index in [1.54, 1.807) is 7.11 Å². The second-order valence-electron chi connectivity index (χ2n) is 8.11. The van der Waals surface area contributed by atoms with E-state index < -0.39 is 0 Å². The van der Waals surface area contributed by atoms with Crippen molar-refractivity contribution in [3.8, 4) is 5.75 Å². The first-order valence-corrected chi connectivity index (χ1v) is 10.1. The van der Waals surface area contributed by atoms with Crippen molar-refractivity contribution < 1.29 is 14.0 Å². The lowest BCUT2D eigenvalue weighted by molar-refractivity contribution is -0.937. The van der Waals surface area contributed by atoms with E-state index in [1.807, 2.05) is 12.1 Å². The van der Waals surface area contributed by atoms with E-state index in [4.69, 9.17) is 4.74 Å². The molecule has 2 aromatic rings. The minimum atomic E-state index is 0.351. The van der Waals surface area contributed by atoms with Crippen LogP contribution in [-0.4, -0.2) is 37.0 Å². The zero-order chi connectivity index (χ0) is 19.3. The number of rotatable bonds is 7. The first kappa shape index (κ1) is 19.6. The number of aryl methyl sites for hydroxylation is 2. The number of benzene rings is 2. The Labute approximate surface area is 163 Å². The van der Waals surface area contributed by atoms with Gasteiger partial charge in [0, 0.05) is 12.0 Å². The van der Waals surface area contributed by atoms with E-state index >= 15 is 0 Å². The zero-order valence-corrected chi connectivity index (χ0v) is 17.0. The summed E-state index contributed by atoms with van der Waals surface area (Å²) in [6.07, 6.45) is 4.26. The molecule has 0 N–H and O–H groups in total. The van der Waals surface area contributed by atoms with Crippen molar-refractivity contribution in [3.05, 3.63) is 64.7 Å². The van der Waals surface area contributed by atoms with Gasteiger partial charge in [0.05, 0.1) is 20.2 Å². The maximum Gasteiger partial charge on any atom is 0.191 e. The van der Waals surface area contributed by atoms with Crippen LogP contribution in [0, 0.1) is 13.8 Å². The Morgan fingerprint density at radius 2 is 1.63 bits per heavy atom. The summed E-state index contributed by atoms with van der Waals surface area (Å²) >= 11 is 0. The van der Waals surface area contributed by atoms with Crippen LogP contribution in [0.3, 0.4) is 0 Å². The maximum atomic E-state index is 13.1. The molecule has 2 aromatic carbocycles. The fourth-order valence-corrected chi connectivity index (χ4v) is 4.50. The zero-order valence-electron chi connectivity index (χ0n) is 17.0. The summed E-state index contributed by atoms with van der Waals surface area (Å²) in [6.45, 7) is 7.98. The smallest absolute Gasteiger partial charge is 0.191 e. The molecule has 0 bridgehead atoms. The van der Waals surface area contributed by atoms with Crippen molar-refractivity contribution in [3.63, 3.8) is 0 Å². The molecule has 0 spiro atoms. The van der Waals surface area contributed by atoms with Crippen LogP contribution in [0.5, 0.6) is 5.75 Å². The van der Waals surface area contributed by atoms with Crippen LogP contribution in [0.15, 0.2) is 42.5 Å². The van der Waals surface area contributed by atoms with Gasteiger partial charge in [0.25, 0.3) is 0 Å². The molecule has 0 unspecified atom stereocenters. The standard InChI is InChI=1S/C24H32NO2/c1-19-14-23(27-3)15-20(2)24(19)16-22(26)18-25(12-8-5-9-13-25)17-21-10-6-4-7-11-21/h4,6-7,10-11,14-15H,5,8-9,12-13,16-18H2,1-3H3/q+1. The number of quaternary nitrogens is 1. The highest BCUT2D eigenvalue weighted by atomic mass is 16.5. The van der Waals surface area contributed by atoms with E-state index in [9.17, 15) is 4.79 Å². The third-order valence-electron chi connectivity index (χ3n) is 5.92. The number of ketones is 1. The Kier molecular flexibility index (Phi) is 6.33. The maximum absolute atomic E-state index is 13.1. The lowest BCUT2D eigenvalue weighted by Gasteiger charge is -2.41. The Bertz CT molecular complexity index is 753. The summed E-state index contributed by atoms with van der Waals surface area (Å²) in [5, 5.41) is 0. The Hall–Kier alpha value is -2.13. The number of Topliss-reactive ketones (excluding diaryl/α,β-unsaturated/α-hetero) is 1. The lowest BCUT2D eigenvalue weighted by atomic mass is 9.96. The predicted molar refractivity (Wildman–Crippen MR) is 110 cm³/mol. The van der Waals surface area contributed by atoms with E-state index in [2.05, 4.69) is 44.2 Å². The lowest BCUT2D eigenvalue weighted by Crippen LogP contribution is -2.53. The van der Waals surface area contributed by atoms with Crippen molar-refractivity contribution in [1.29, 1.82) is 0 Å². The molecule has 3 heteroatoms. The molecule has 0 radical (unpaired) electrons. The number of methoxy groups -OCH3 is 1. The molecule has 0 saturated carbocycles. The summed E-state index contributed by atoms with van der Waals surface area (Å²) in [7, 11) is 1.69. The average molecular weight is 367 g/mol. The Morgan fingerprint density at radius 3 is 2.22 bits per heavy atom. The third kappa shape index (κ3) is 4.98. The summed E-state index contributed by atoms with van der Waals surface area (Å²) in [4.78, 5) is 13.1. The average Bonchev–Trinajstić information content (AvgIpc) is 2.66. The predicted octanol–water partition coefficient (Wildman–Crippen LogP) is 4.62. The molecule has 0 atom stereocenters. The SMILES string of the molecule is COc1cc(C)c(CC(=O)C[N+]2(Cc3ccccc3)CCCCC2)c(C)c1. The van der Waals surface area contributed by atoms with Gasteiger partial charge in [-0.2, -0.15) is 0 Å². The molecule has 1 fully saturated rings. The number of likely N-dealkylation sites (tertiary alicyclic amines) is 1. The van der Waals surface area contributed by atoms with Gasteiger partial charge in [0.2, 0.25) is 0 Å². The molecule has 1 heterocycles. The number of piperidine rings is 1.